The molecular weight excluding hydrogens is 378 g/mol. The number of benzene rings is 1. The standard InChI is InChI=1S/C23H33N5O2/c1-25-10-4-5-19(17-25)26-13-15-27(16-14-26)22(29)18-8-11-28(12-9-18)23-24-20-6-2-3-7-21(20)30-23/h2-3,6-7,18-19H,4-5,8-17H2,1H3. The molecule has 3 aliphatic heterocycles. The Morgan fingerprint density at radius 1 is 1.00 bits per heavy atom. The van der Waals surface area contributed by atoms with Gasteiger partial charge in [0.15, 0.2) is 5.58 Å². The van der Waals surface area contributed by atoms with Crippen molar-refractivity contribution in [2.75, 3.05) is 64.3 Å². The van der Waals surface area contributed by atoms with Crippen molar-refractivity contribution in [1.29, 1.82) is 0 Å². The summed E-state index contributed by atoms with van der Waals surface area (Å²) < 4.78 is 5.91. The molecule has 3 aliphatic rings. The Labute approximate surface area is 178 Å². The van der Waals surface area contributed by atoms with Crippen LogP contribution in [-0.4, -0.2) is 91.0 Å². The number of para-hydroxylation sites is 2. The topological polar surface area (TPSA) is 56.1 Å². The first kappa shape index (κ1) is 19.8. The summed E-state index contributed by atoms with van der Waals surface area (Å²) in [5.41, 5.74) is 1.72. The van der Waals surface area contributed by atoms with Gasteiger partial charge in [-0.3, -0.25) is 9.69 Å². The number of oxazole rings is 1. The molecule has 5 rings (SSSR count). The SMILES string of the molecule is CN1CCCC(N2CCN(C(=O)C3CCN(c4nc5ccccc5o4)CC3)CC2)C1. The molecular formula is C23H33N5O2. The third kappa shape index (κ3) is 4.05. The second kappa shape index (κ2) is 8.55. The lowest BCUT2D eigenvalue weighted by molar-refractivity contribution is -0.138. The van der Waals surface area contributed by atoms with E-state index < -0.39 is 0 Å². The molecule has 0 N–H and O–H groups in total. The zero-order valence-corrected chi connectivity index (χ0v) is 18.0. The molecule has 4 heterocycles. The molecule has 7 nitrogen and oxygen atoms in total. The Morgan fingerprint density at radius 2 is 1.77 bits per heavy atom. The van der Waals surface area contributed by atoms with Crippen LogP contribution >= 0.6 is 0 Å². The van der Waals surface area contributed by atoms with Gasteiger partial charge in [0.1, 0.15) is 5.52 Å². The summed E-state index contributed by atoms with van der Waals surface area (Å²) in [4.78, 5) is 27.1. The van der Waals surface area contributed by atoms with Crippen molar-refractivity contribution in [2.24, 2.45) is 5.92 Å². The van der Waals surface area contributed by atoms with Crippen LogP contribution in [0, 0.1) is 5.92 Å². The third-order valence-corrected chi connectivity index (χ3v) is 7.14. The number of likely N-dealkylation sites (N-methyl/N-ethyl adjacent to an activating group) is 1. The smallest absolute Gasteiger partial charge is 0.298 e. The van der Waals surface area contributed by atoms with E-state index in [1.165, 1.54) is 25.9 Å². The van der Waals surface area contributed by atoms with Crippen LogP contribution in [-0.2, 0) is 4.79 Å². The number of carbonyl (C=O) groups excluding carboxylic acids is 1. The molecule has 1 amide bonds. The van der Waals surface area contributed by atoms with Gasteiger partial charge in [-0.1, -0.05) is 12.1 Å². The summed E-state index contributed by atoms with van der Waals surface area (Å²) in [5.74, 6) is 0.491. The van der Waals surface area contributed by atoms with Crippen molar-refractivity contribution in [3.63, 3.8) is 0 Å². The molecule has 1 aromatic carbocycles. The first-order valence-electron chi connectivity index (χ1n) is 11.5. The first-order valence-corrected chi connectivity index (χ1v) is 11.5. The highest BCUT2D eigenvalue weighted by Crippen LogP contribution is 2.27. The maximum absolute atomic E-state index is 13.1. The molecule has 7 heteroatoms. The lowest BCUT2D eigenvalue weighted by Gasteiger charge is -2.43. The third-order valence-electron chi connectivity index (χ3n) is 7.14. The van der Waals surface area contributed by atoms with E-state index in [2.05, 4.69) is 31.6 Å². The van der Waals surface area contributed by atoms with E-state index in [1.54, 1.807) is 0 Å². The Morgan fingerprint density at radius 3 is 2.50 bits per heavy atom. The number of hydrogen-bond donors (Lipinski definition) is 0. The normalized spacial score (nSPS) is 25.2. The summed E-state index contributed by atoms with van der Waals surface area (Å²) in [6, 6.07) is 9.23. The average Bonchev–Trinajstić information content (AvgIpc) is 3.23. The van der Waals surface area contributed by atoms with Crippen molar-refractivity contribution in [2.45, 2.75) is 31.7 Å². The number of anilines is 1. The predicted octanol–water partition coefficient (Wildman–Crippen LogP) is 2.28. The molecule has 0 spiro atoms. The second-order valence-corrected chi connectivity index (χ2v) is 9.15. The quantitative estimate of drug-likeness (QED) is 0.772. The second-order valence-electron chi connectivity index (χ2n) is 9.15. The Hall–Kier alpha value is -2.12. The van der Waals surface area contributed by atoms with Crippen LogP contribution in [0.2, 0.25) is 0 Å². The van der Waals surface area contributed by atoms with Crippen molar-refractivity contribution in [3.05, 3.63) is 24.3 Å². The zero-order chi connectivity index (χ0) is 20.5. The Balaban J connectivity index is 1.12. The number of nitrogens with zero attached hydrogens (tertiary/aromatic N) is 5. The summed E-state index contributed by atoms with van der Waals surface area (Å²) >= 11 is 0. The van der Waals surface area contributed by atoms with Crippen LogP contribution in [0.25, 0.3) is 11.1 Å². The molecule has 3 fully saturated rings. The monoisotopic (exact) mass is 411 g/mol. The van der Waals surface area contributed by atoms with E-state index in [0.29, 0.717) is 18.0 Å². The summed E-state index contributed by atoms with van der Waals surface area (Å²) in [6.07, 6.45) is 4.35. The van der Waals surface area contributed by atoms with Gasteiger partial charge in [0.25, 0.3) is 6.01 Å². The number of piperidine rings is 2. The number of aromatic nitrogens is 1. The van der Waals surface area contributed by atoms with E-state index in [0.717, 1.165) is 63.2 Å². The van der Waals surface area contributed by atoms with Crippen molar-refractivity contribution >= 4 is 23.0 Å². The van der Waals surface area contributed by atoms with Crippen LogP contribution in [0.15, 0.2) is 28.7 Å². The highest BCUT2D eigenvalue weighted by molar-refractivity contribution is 5.79. The van der Waals surface area contributed by atoms with E-state index in [9.17, 15) is 4.79 Å². The highest BCUT2D eigenvalue weighted by atomic mass is 16.4. The average molecular weight is 412 g/mol. The van der Waals surface area contributed by atoms with E-state index in [4.69, 9.17) is 4.42 Å². The van der Waals surface area contributed by atoms with E-state index in [-0.39, 0.29) is 5.92 Å². The van der Waals surface area contributed by atoms with Gasteiger partial charge in [-0.15, -0.1) is 0 Å². The molecule has 0 aliphatic carbocycles. The highest BCUT2D eigenvalue weighted by Gasteiger charge is 2.33. The molecule has 162 valence electrons. The van der Waals surface area contributed by atoms with Gasteiger partial charge in [0.05, 0.1) is 0 Å². The van der Waals surface area contributed by atoms with Gasteiger partial charge in [-0.2, -0.15) is 4.98 Å². The van der Waals surface area contributed by atoms with Crippen molar-refractivity contribution in [1.82, 2.24) is 19.7 Å². The molecule has 1 atom stereocenters. The van der Waals surface area contributed by atoms with Crippen LogP contribution in [0.4, 0.5) is 6.01 Å². The van der Waals surface area contributed by atoms with Crippen molar-refractivity contribution < 1.29 is 9.21 Å². The van der Waals surface area contributed by atoms with Crippen LogP contribution in [0.5, 0.6) is 0 Å². The van der Waals surface area contributed by atoms with Gasteiger partial charge < -0.3 is 19.1 Å². The molecule has 1 unspecified atom stereocenters. The fourth-order valence-electron chi connectivity index (χ4n) is 5.32. The Bertz CT molecular complexity index is 834. The number of amides is 1. The molecule has 1 aromatic heterocycles. The minimum Gasteiger partial charge on any atom is -0.423 e. The molecule has 30 heavy (non-hydrogen) atoms. The summed E-state index contributed by atoms with van der Waals surface area (Å²) in [7, 11) is 2.22. The number of hydrogen-bond acceptors (Lipinski definition) is 6. The lowest BCUT2D eigenvalue weighted by Crippen LogP contribution is -2.56. The minimum absolute atomic E-state index is 0.137. The number of carbonyl (C=O) groups is 1. The van der Waals surface area contributed by atoms with Gasteiger partial charge in [-0.05, 0) is 51.4 Å². The van der Waals surface area contributed by atoms with Crippen LogP contribution < -0.4 is 4.90 Å². The van der Waals surface area contributed by atoms with Crippen molar-refractivity contribution in [3.8, 4) is 0 Å². The number of fused-ring (bicyclic) bond motifs is 1. The van der Waals surface area contributed by atoms with Gasteiger partial charge in [0, 0.05) is 57.8 Å². The minimum atomic E-state index is 0.137. The number of rotatable bonds is 3. The molecule has 0 saturated carbocycles. The predicted molar refractivity (Wildman–Crippen MR) is 118 cm³/mol. The van der Waals surface area contributed by atoms with Gasteiger partial charge in [-0.25, -0.2) is 0 Å². The molecule has 0 radical (unpaired) electrons. The fraction of sp³-hybridized carbons (Fsp3) is 0.652. The zero-order valence-electron chi connectivity index (χ0n) is 18.0. The van der Waals surface area contributed by atoms with Gasteiger partial charge in [0.2, 0.25) is 5.91 Å². The van der Waals surface area contributed by atoms with Gasteiger partial charge >= 0.3 is 0 Å². The van der Waals surface area contributed by atoms with E-state index >= 15 is 0 Å². The van der Waals surface area contributed by atoms with Crippen LogP contribution in [0.3, 0.4) is 0 Å². The Kier molecular flexibility index (Phi) is 5.65. The molecule has 2 aromatic rings. The maximum Gasteiger partial charge on any atom is 0.298 e. The molecule has 3 saturated heterocycles. The van der Waals surface area contributed by atoms with E-state index in [1.807, 2.05) is 24.3 Å². The summed E-state index contributed by atoms with van der Waals surface area (Å²) in [6.45, 7) is 7.85. The van der Waals surface area contributed by atoms with Crippen LogP contribution in [0.1, 0.15) is 25.7 Å². The largest absolute Gasteiger partial charge is 0.423 e. The molecule has 0 bridgehead atoms. The summed E-state index contributed by atoms with van der Waals surface area (Å²) in [5, 5.41) is 0. The maximum atomic E-state index is 13.1. The fourth-order valence-corrected chi connectivity index (χ4v) is 5.32. The lowest BCUT2D eigenvalue weighted by atomic mass is 9.95. The first-order chi connectivity index (χ1) is 14.7. The number of piperazine rings is 1. The number of likely N-dealkylation sites (tertiary alicyclic amines) is 1.